The summed E-state index contributed by atoms with van der Waals surface area (Å²) >= 11 is 0. The van der Waals surface area contributed by atoms with E-state index >= 15 is 0 Å². The van der Waals surface area contributed by atoms with Crippen molar-refractivity contribution in [2.75, 3.05) is 0 Å². The van der Waals surface area contributed by atoms with E-state index in [1.807, 2.05) is 6.07 Å². The van der Waals surface area contributed by atoms with Crippen LogP contribution in [0.2, 0.25) is 0 Å². The molecule has 0 bridgehead atoms. The number of benzene rings is 2. The van der Waals surface area contributed by atoms with E-state index in [2.05, 4.69) is 9.51 Å². The number of nitrogens with zero attached hydrogens (tertiary/aromatic N) is 1. The van der Waals surface area contributed by atoms with Gasteiger partial charge in [-0.25, -0.2) is 9.37 Å². The average Bonchev–Trinajstić information content (AvgIpc) is 2.47. The van der Waals surface area contributed by atoms with E-state index < -0.39 is 13.6 Å². The van der Waals surface area contributed by atoms with Gasteiger partial charge in [-0.15, -0.1) is 0 Å². The van der Waals surface area contributed by atoms with Crippen molar-refractivity contribution in [3.8, 4) is 17.0 Å². The van der Waals surface area contributed by atoms with Crippen molar-refractivity contribution in [2.24, 2.45) is 0 Å². The molecule has 1 aromatic heterocycles. The Bertz CT molecular complexity index is 889. The number of hydrogen-bond donors (Lipinski definition) is 0. The zero-order valence-corrected chi connectivity index (χ0v) is 18.0. The standard InChI is InChI=1S/C15H11FNO4P.2Na/c16-11-6-7-13-12(8-11)15(21-22(18,19)20)9-14(17-13)10-4-2-1-3-5-10;;/h1-9H,(H2,18,19,20);;/q;2*+1/p-2. The summed E-state index contributed by atoms with van der Waals surface area (Å²) in [5, 5.41) is 0.117. The number of pyridine rings is 1. The molecule has 1 heterocycles. The molecule has 5 nitrogen and oxygen atoms in total. The van der Waals surface area contributed by atoms with Crippen molar-refractivity contribution < 1.29 is 82.4 Å². The fourth-order valence-electron chi connectivity index (χ4n) is 2.12. The molecule has 0 aliphatic heterocycles. The zero-order valence-electron chi connectivity index (χ0n) is 13.1. The predicted octanol–water partition coefficient (Wildman–Crippen LogP) is -3.74. The van der Waals surface area contributed by atoms with Crippen LogP contribution >= 0.6 is 7.82 Å². The third-order valence-electron chi connectivity index (χ3n) is 3.01. The van der Waals surface area contributed by atoms with Gasteiger partial charge in [0.05, 0.1) is 11.2 Å². The van der Waals surface area contributed by atoms with E-state index in [9.17, 15) is 18.7 Å². The smallest absolute Gasteiger partial charge is 0.780 e. The van der Waals surface area contributed by atoms with E-state index in [0.29, 0.717) is 16.8 Å². The minimum atomic E-state index is -5.27. The Kier molecular flexibility index (Phi) is 8.07. The van der Waals surface area contributed by atoms with Crippen molar-refractivity contribution in [1.29, 1.82) is 0 Å². The molecule has 0 N–H and O–H groups in total. The van der Waals surface area contributed by atoms with E-state index in [0.717, 1.165) is 6.07 Å². The van der Waals surface area contributed by atoms with Crippen molar-refractivity contribution >= 4 is 18.7 Å². The van der Waals surface area contributed by atoms with E-state index in [4.69, 9.17) is 0 Å². The molecule has 0 radical (unpaired) electrons. The number of phosphoric acid groups is 1. The summed E-state index contributed by atoms with van der Waals surface area (Å²) in [5.41, 5.74) is 1.46. The van der Waals surface area contributed by atoms with Crippen LogP contribution in [0.3, 0.4) is 0 Å². The second-order valence-electron chi connectivity index (χ2n) is 4.57. The van der Waals surface area contributed by atoms with Gasteiger partial charge in [-0.2, -0.15) is 0 Å². The summed E-state index contributed by atoms with van der Waals surface area (Å²) in [6.45, 7) is 0. The molecule has 3 rings (SSSR count). The third-order valence-corrected chi connectivity index (χ3v) is 3.43. The maximum absolute atomic E-state index is 13.4. The number of phosphoric ester groups is 1. The quantitative estimate of drug-likeness (QED) is 0.353. The molecule has 0 aliphatic rings. The van der Waals surface area contributed by atoms with Crippen LogP contribution in [0.15, 0.2) is 54.6 Å². The molecule has 0 aliphatic carbocycles. The first-order valence-electron chi connectivity index (χ1n) is 6.30. The molecule has 0 atom stereocenters. The first kappa shape index (κ1) is 21.8. The van der Waals surface area contributed by atoms with Crippen LogP contribution in [-0.2, 0) is 4.57 Å². The van der Waals surface area contributed by atoms with Crippen LogP contribution < -0.4 is 73.4 Å². The second kappa shape index (κ2) is 8.90. The maximum Gasteiger partial charge on any atom is 1.00 e. The number of aromatic nitrogens is 1. The molecule has 0 saturated carbocycles. The Hall–Kier alpha value is -0.270. The van der Waals surface area contributed by atoms with Gasteiger partial charge < -0.3 is 18.9 Å². The molecule has 3 aromatic rings. The summed E-state index contributed by atoms with van der Waals surface area (Å²) < 4.78 is 28.7. The number of hydrogen-bond acceptors (Lipinski definition) is 5. The van der Waals surface area contributed by atoms with Crippen molar-refractivity contribution in [1.82, 2.24) is 4.98 Å². The molecule has 24 heavy (non-hydrogen) atoms. The minimum Gasteiger partial charge on any atom is -0.780 e. The minimum absolute atomic E-state index is 0. The topological polar surface area (TPSA) is 85.3 Å². The third kappa shape index (κ3) is 5.36. The van der Waals surface area contributed by atoms with Gasteiger partial charge in [-0.05, 0) is 18.2 Å². The Morgan fingerprint density at radius 3 is 2.29 bits per heavy atom. The summed E-state index contributed by atoms with van der Waals surface area (Å²) in [6, 6.07) is 13.9. The molecule has 0 unspecified atom stereocenters. The second-order valence-corrected chi connectivity index (χ2v) is 5.65. The van der Waals surface area contributed by atoms with Crippen molar-refractivity contribution in [3.05, 3.63) is 60.4 Å². The number of rotatable bonds is 3. The molecule has 0 amide bonds. The molecule has 0 saturated heterocycles. The van der Waals surface area contributed by atoms with Gasteiger partial charge in [0.1, 0.15) is 19.4 Å². The summed E-state index contributed by atoms with van der Waals surface area (Å²) in [7, 11) is -5.27. The van der Waals surface area contributed by atoms with Gasteiger partial charge >= 0.3 is 59.1 Å². The Morgan fingerprint density at radius 2 is 1.67 bits per heavy atom. The van der Waals surface area contributed by atoms with E-state index in [1.165, 1.54) is 18.2 Å². The zero-order chi connectivity index (χ0) is 15.7. The number of halogens is 1. The molecular weight excluding hydrogens is 354 g/mol. The van der Waals surface area contributed by atoms with Crippen molar-refractivity contribution in [2.45, 2.75) is 0 Å². The monoisotopic (exact) mass is 363 g/mol. The van der Waals surface area contributed by atoms with Gasteiger partial charge in [0.2, 0.25) is 0 Å². The first-order chi connectivity index (χ1) is 10.4. The summed E-state index contributed by atoms with van der Waals surface area (Å²) in [5.74, 6) is -0.824. The molecule has 9 heteroatoms. The predicted molar refractivity (Wildman–Crippen MR) is 75.4 cm³/mol. The van der Waals surface area contributed by atoms with Crippen LogP contribution in [0.25, 0.3) is 22.2 Å². The van der Waals surface area contributed by atoms with E-state index in [1.54, 1.807) is 24.3 Å². The van der Waals surface area contributed by atoms with E-state index in [-0.39, 0.29) is 70.3 Å². The largest absolute Gasteiger partial charge is 1.00 e. The van der Waals surface area contributed by atoms with Gasteiger partial charge in [0.15, 0.2) is 0 Å². The van der Waals surface area contributed by atoms with Crippen LogP contribution in [0.1, 0.15) is 0 Å². The normalized spacial score (nSPS) is 10.6. The van der Waals surface area contributed by atoms with Gasteiger partial charge in [-0.3, -0.25) is 0 Å². The Balaban J connectivity index is 0.00000144. The summed E-state index contributed by atoms with van der Waals surface area (Å²) in [4.78, 5) is 26.2. The van der Waals surface area contributed by atoms with Crippen molar-refractivity contribution in [3.63, 3.8) is 0 Å². The Morgan fingerprint density at radius 1 is 1.00 bits per heavy atom. The number of fused-ring (bicyclic) bond motifs is 1. The molecular formula is C15H9FNNa2O4P. The molecule has 0 fully saturated rings. The van der Waals surface area contributed by atoms with Crippen LogP contribution in [0, 0.1) is 5.82 Å². The maximum atomic E-state index is 13.4. The van der Waals surface area contributed by atoms with Gasteiger partial charge in [-0.1, -0.05) is 30.3 Å². The fourth-order valence-corrected chi connectivity index (χ4v) is 2.51. The Labute approximate surface area is 182 Å². The van der Waals surface area contributed by atoms with Crippen LogP contribution in [0.5, 0.6) is 5.75 Å². The molecule has 112 valence electrons. The molecule has 2 aromatic carbocycles. The first-order valence-corrected chi connectivity index (χ1v) is 7.76. The van der Waals surface area contributed by atoms with Crippen LogP contribution in [0.4, 0.5) is 4.39 Å². The fraction of sp³-hybridized carbons (Fsp3) is 0. The summed E-state index contributed by atoms with van der Waals surface area (Å²) in [6.07, 6.45) is 0. The molecule has 0 spiro atoms. The van der Waals surface area contributed by atoms with Gasteiger partial charge in [0, 0.05) is 17.0 Å². The van der Waals surface area contributed by atoms with Gasteiger partial charge in [0.25, 0.3) is 0 Å². The van der Waals surface area contributed by atoms with Crippen LogP contribution in [-0.4, -0.2) is 4.98 Å². The SMILES string of the molecule is O=P([O-])([O-])Oc1cc(-c2ccccc2)nc2ccc(F)cc12.[Na+].[Na+]. The average molecular weight is 363 g/mol.